The molecule has 0 bridgehead atoms. The van der Waals surface area contributed by atoms with Gasteiger partial charge in [-0.15, -0.1) is 0 Å². The number of carbonyl (C=O) groups is 2. The van der Waals surface area contributed by atoms with Crippen molar-refractivity contribution in [2.24, 2.45) is 0 Å². The smallest absolute Gasteiger partial charge is 0.220 e. The standard InChI is InChI=1S/C19H21N3O2/c23-17(11-9-15-8-4-5-13-20-15)21-16-10-12-18(24)22-19(16)14-6-2-1-3-7-14/h1-8,13,16,19H,9-12H2,(H,21,23)(H,22,24)/t16-,19+/m1/s1. The second kappa shape index (κ2) is 7.73. The third-order valence-electron chi connectivity index (χ3n) is 4.24. The van der Waals surface area contributed by atoms with Crippen molar-refractivity contribution in [1.29, 1.82) is 0 Å². The zero-order valence-corrected chi connectivity index (χ0v) is 13.4. The quantitative estimate of drug-likeness (QED) is 0.886. The lowest BCUT2D eigenvalue weighted by atomic mass is 9.92. The molecule has 1 saturated heterocycles. The van der Waals surface area contributed by atoms with Crippen LogP contribution in [0.15, 0.2) is 54.7 Å². The van der Waals surface area contributed by atoms with Gasteiger partial charge in [0.25, 0.3) is 0 Å². The summed E-state index contributed by atoms with van der Waals surface area (Å²) in [5, 5.41) is 6.07. The van der Waals surface area contributed by atoms with Gasteiger partial charge < -0.3 is 10.6 Å². The second-order valence-electron chi connectivity index (χ2n) is 5.99. The number of carbonyl (C=O) groups excluding carboxylic acids is 2. The Labute approximate surface area is 141 Å². The normalized spacial score (nSPS) is 20.2. The molecule has 5 heteroatoms. The molecule has 2 aromatic rings. The Hall–Kier alpha value is -2.69. The van der Waals surface area contributed by atoms with Crippen LogP contribution in [0, 0.1) is 0 Å². The first-order chi connectivity index (χ1) is 11.7. The summed E-state index contributed by atoms with van der Waals surface area (Å²) in [4.78, 5) is 28.3. The van der Waals surface area contributed by atoms with Gasteiger partial charge in [0.05, 0.1) is 12.1 Å². The number of nitrogens with one attached hydrogen (secondary N) is 2. The van der Waals surface area contributed by atoms with Crippen LogP contribution in [0.3, 0.4) is 0 Å². The highest BCUT2D eigenvalue weighted by atomic mass is 16.2. The predicted molar refractivity (Wildman–Crippen MR) is 91.0 cm³/mol. The van der Waals surface area contributed by atoms with Crippen molar-refractivity contribution >= 4 is 11.8 Å². The van der Waals surface area contributed by atoms with Crippen LogP contribution >= 0.6 is 0 Å². The fraction of sp³-hybridized carbons (Fsp3) is 0.316. The molecule has 3 rings (SSSR count). The molecule has 2 N–H and O–H groups in total. The number of hydrogen-bond acceptors (Lipinski definition) is 3. The van der Waals surface area contributed by atoms with Gasteiger partial charge in [0.1, 0.15) is 0 Å². The molecule has 2 heterocycles. The van der Waals surface area contributed by atoms with E-state index in [0.29, 0.717) is 25.7 Å². The van der Waals surface area contributed by atoms with Gasteiger partial charge in [-0.25, -0.2) is 0 Å². The van der Waals surface area contributed by atoms with Crippen molar-refractivity contribution in [2.75, 3.05) is 0 Å². The highest BCUT2D eigenvalue weighted by Crippen LogP contribution is 2.24. The summed E-state index contributed by atoms with van der Waals surface area (Å²) in [5.74, 6) is 0.0190. The molecule has 1 aromatic heterocycles. The Balaban J connectivity index is 1.61. The van der Waals surface area contributed by atoms with E-state index in [1.54, 1.807) is 6.20 Å². The molecule has 1 aromatic carbocycles. The Bertz CT molecular complexity index is 688. The van der Waals surface area contributed by atoms with E-state index >= 15 is 0 Å². The first-order valence-electron chi connectivity index (χ1n) is 8.26. The van der Waals surface area contributed by atoms with Crippen molar-refractivity contribution in [3.05, 3.63) is 66.0 Å². The minimum Gasteiger partial charge on any atom is -0.351 e. The van der Waals surface area contributed by atoms with E-state index in [1.807, 2.05) is 48.5 Å². The third-order valence-corrected chi connectivity index (χ3v) is 4.24. The Morgan fingerprint density at radius 2 is 1.96 bits per heavy atom. The Morgan fingerprint density at radius 1 is 1.17 bits per heavy atom. The van der Waals surface area contributed by atoms with Crippen molar-refractivity contribution in [1.82, 2.24) is 15.6 Å². The number of aromatic nitrogens is 1. The van der Waals surface area contributed by atoms with Crippen LogP contribution < -0.4 is 10.6 Å². The lowest BCUT2D eigenvalue weighted by molar-refractivity contribution is -0.127. The minimum atomic E-state index is -0.175. The van der Waals surface area contributed by atoms with E-state index in [0.717, 1.165) is 11.3 Å². The minimum absolute atomic E-state index is 0.0114. The van der Waals surface area contributed by atoms with Crippen molar-refractivity contribution < 1.29 is 9.59 Å². The van der Waals surface area contributed by atoms with Crippen LogP contribution in [-0.2, 0) is 16.0 Å². The van der Waals surface area contributed by atoms with Gasteiger partial charge >= 0.3 is 0 Å². The van der Waals surface area contributed by atoms with Gasteiger partial charge in [0.2, 0.25) is 11.8 Å². The average Bonchev–Trinajstić information content (AvgIpc) is 2.63. The molecule has 1 fully saturated rings. The summed E-state index contributed by atoms with van der Waals surface area (Å²) in [6, 6.07) is 15.2. The number of benzene rings is 1. The first-order valence-corrected chi connectivity index (χ1v) is 8.26. The van der Waals surface area contributed by atoms with E-state index in [4.69, 9.17) is 0 Å². The molecule has 0 saturated carbocycles. The maximum atomic E-state index is 12.3. The molecule has 1 aliphatic heterocycles. The highest BCUT2D eigenvalue weighted by molar-refractivity contribution is 5.79. The summed E-state index contributed by atoms with van der Waals surface area (Å²) in [6.07, 6.45) is 3.83. The monoisotopic (exact) mass is 323 g/mol. The summed E-state index contributed by atoms with van der Waals surface area (Å²) in [6.45, 7) is 0. The fourth-order valence-electron chi connectivity index (χ4n) is 3.00. The number of amides is 2. The predicted octanol–water partition coefficient (Wildman–Crippen LogP) is 2.15. The van der Waals surface area contributed by atoms with Crippen molar-refractivity contribution in [3.63, 3.8) is 0 Å². The highest BCUT2D eigenvalue weighted by Gasteiger charge is 2.30. The number of nitrogens with zero attached hydrogens (tertiary/aromatic N) is 1. The molecule has 124 valence electrons. The van der Waals surface area contributed by atoms with Crippen molar-refractivity contribution in [2.45, 2.75) is 37.8 Å². The second-order valence-corrected chi connectivity index (χ2v) is 5.99. The molecule has 24 heavy (non-hydrogen) atoms. The van der Waals surface area contributed by atoms with Crippen LogP contribution in [0.4, 0.5) is 0 Å². The largest absolute Gasteiger partial charge is 0.351 e. The first kappa shape index (κ1) is 16.2. The van der Waals surface area contributed by atoms with Crippen LogP contribution in [0.1, 0.15) is 36.6 Å². The van der Waals surface area contributed by atoms with E-state index in [9.17, 15) is 9.59 Å². The van der Waals surface area contributed by atoms with Gasteiger partial charge in [0, 0.05) is 24.7 Å². The number of aryl methyl sites for hydroxylation is 1. The summed E-state index contributed by atoms with van der Waals surface area (Å²) in [7, 11) is 0. The van der Waals surface area contributed by atoms with Gasteiger partial charge in [-0.1, -0.05) is 36.4 Å². The van der Waals surface area contributed by atoms with Gasteiger partial charge in [-0.05, 0) is 30.5 Å². The zero-order valence-electron chi connectivity index (χ0n) is 13.4. The maximum absolute atomic E-state index is 12.3. The maximum Gasteiger partial charge on any atom is 0.220 e. The van der Waals surface area contributed by atoms with Crippen LogP contribution in [0.2, 0.25) is 0 Å². The third kappa shape index (κ3) is 4.19. The molecule has 2 amide bonds. The number of piperidine rings is 1. The number of pyridine rings is 1. The van der Waals surface area contributed by atoms with E-state index in [-0.39, 0.29) is 23.9 Å². The van der Waals surface area contributed by atoms with Crippen molar-refractivity contribution in [3.8, 4) is 0 Å². The molecule has 1 aliphatic rings. The van der Waals surface area contributed by atoms with E-state index < -0.39 is 0 Å². The lowest BCUT2D eigenvalue weighted by Gasteiger charge is -2.33. The molecule has 0 radical (unpaired) electrons. The van der Waals surface area contributed by atoms with Crippen LogP contribution in [-0.4, -0.2) is 22.8 Å². The fourth-order valence-corrected chi connectivity index (χ4v) is 3.00. The summed E-state index contributed by atoms with van der Waals surface area (Å²) < 4.78 is 0. The molecular formula is C19H21N3O2. The summed E-state index contributed by atoms with van der Waals surface area (Å²) >= 11 is 0. The zero-order chi connectivity index (χ0) is 16.8. The van der Waals surface area contributed by atoms with E-state index in [2.05, 4.69) is 15.6 Å². The van der Waals surface area contributed by atoms with Gasteiger partial charge in [-0.3, -0.25) is 14.6 Å². The lowest BCUT2D eigenvalue weighted by Crippen LogP contribution is -2.50. The Kier molecular flexibility index (Phi) is 5.21. The number of rotatable bonds is 5. The SMILES string of the molecule is O=C(CCc1ccccn1)N[C@@H]1CCC(=O)N[C@H]1c1ccccc1. The van der Waals surface area contributed by atoms with Gasteiger partial charge in [-0.2, -0.15) is 0 Å². The molecule has 0 unspecified atom stereocenters. The summed E-state index contributed by atoms with van der Waals surface area (Å²) in [5.41, 5.74) is 1.92. The molecule has 0 spiro atoms. The van der Waals surface area contributed by atoms with Crippen LogP contribution in [0.25, 0.3) is 0 Å². The average molecular weight is 323 g/mol. The molecular weight excluding hydrogens is 302 g/mol. The number of hydrogen-bond donors (Lipinski definition) is 2. The van der Waals surface area contributed by atoms with Gasteiger partial charge in [0.15, 0.2) is 0 Å². The Morgan fingerprint density at radius 3 is 2.71 bits per heavy atom. The molecule has 2 atom stereocenters. The van der Waals surface area contributed by atoms with Crippen LogP contribution in [0.5, 0.6) is 0 Å². The topological polar surface area (TPSA) is 71.1 Å². The molecule has 5 nitrogen and oxygen atoms in total. The molecule has 0 aliphatic carbocycles. The van der Waals surface area contributed by atoms with E-state index in [1.165, 1.54) is 0 Å².